The van der Waals surface area contributed by atoms with Gasteiger partial charge in [0, 0.05) is 12.4 Å². The topological polar surface area (TPSA) is 39.2 Å². The second kappa shape index (κ2) is 3.56. The minimum atomic E-state index is -0.469. The van der Waals surface area contributed by atoms with E-state index in [9.17, 15) is 4.79 Å². The van der Waals surface area contributed by atoms with Crippen LogP contribution in [0.2, 0.25) is 0 Å². The molecule has 1 heterocycles. The van der Waals surface area contributed by atoms with Crippen molar-refractivity contribution in [3.05, 3.63) is 24.5 Å². The molecule has 0 radical (unpaired) electrons. The van der Waals surface area contributed by atoms with E-state index in [1.54, 1.807) is 24.5 Å². The Morgan fingerprint density at radius 2 is 1.85 bits per heavy atom. The molecule has 1 rings (SSSR count). The number of ether oxygens (including phenoxy) is 1. The minimum absolute atomic E-state index is 0.237. The van der Waals surface area contributed by atoms with E-state index in [2.05, 4.69) is 4.98 Å². The van der Waals surface area contributed by atoms with Crippen molar-refractivity contribution in [1.29, 1.82) is 0 Å². The number of hydrogen-bond donors (Lipinski definition) is 0. The molecular formula is C10H13NO2. The van der Waals surface area contributed by atoms with Crippen molar-refractivity contribution in [3.63, 3.8) is 0 Å². The smallest absolute Gasteiger partial charge is 0.316 e. The minimum Gasteiger partial charge on any atom is -0.426 e. The summed E-state index contributed by atoms with van der Waals surface area (Å²) in [4.78, 5) is 15.2. The lowest BCUT2D eigenvalue weighted by atomic mass is 9.97. The zero-order chi connectivity index (χ0) is 9.90. The second-order valence-corrected chi connectivity index (χ2v) is 3.82. The van der Waals surface area contributed by atoms with Crippen LogP contribution >= 0.6 is 0 Å². The van der Waals surface area contributed by atoms with Gasteiger partial charge in [0.15, 0.2) is 0 Å². The summed E-state index contributed by atoms with van der Waals surface area (Å²) in [7, 11) is 0. The van der Waals surface area contributed by atoms with Gasteiger partial charge in [-0.3, -0.25) is 9.78 Å². The zero-order valence-corrected chi connectivity index (χ0v) is 8.07. The SMILES string of the molecule is CC(C)(C)C(=O)Oc1ccncc1. The maximum Gasteiger partial charge on any atom is 0.316 e. The molecule has 0 spiro atoms. The molecule has 13 heavy (non-hydrogen) atoms. The van der Waals surface area contributed by atoms with Crippen LogP contribution < -0.4 is 4.74 Å². The Morgan fingerprint density at radius 1 is 1.31 bits per heavy atom. The molecule has 3 nitrogen and oxygen atoms in total. The molecule has 0 atom stereocenters. The van der Waals surface area contributed by atoms with Gasteiger partial charge >= 0.3 is 5.97 Å². The normalized spacial score (nSPS) is 11.0. The van der Waals surface area contributed by atoms with E-state index in [0.29, 0.717) is 5.75 Å². The molecule has 1 aromatic heterocycles. The van der Waals surface area contributed by atoms with Crippen LogP contribution in [0.4, 0.5) is 0 Å². The maximum atomic E-state index is 11.4. The van der Waals surface area contributed by atoms with Gasteiger partial charge in [-0.15, -0.1) is 0 Å². The molecule has 0 aliphatic heterocycles. The fraction of sp³-hybridized carbons (Fsp3) is 0.400. The predicted octanol–water partition coefficient (Wildman–Crippen LogP) is 2.03. The number of pyridine rings is 1. The van der Waals surface area contributed by atoms with E-state index in [1.807, 2.05) is 20.8 Å². The first-order valence-corrected chi connectivity index (χ1v) is 4.12. The van der Waals surface area contributed by atoms with Crippen molar-refractivity contribution in [2.24, 2.45) is 5.41 Å². The van der Waals surface area contributed by atoms with Crippen molar-refractivity contribution in [2.45, 2.75) is 20.8 Å². The van der Waals surface area contributed by atoms with Crippen molar-refractivity contribution in [3.8, 4) is 5.75 Å². The van der Waals surface area contributed by atoms with Gasteiger partial charge in [0.1, 0.15) is 5.75 Å². The Morgan fingerprint density at radius 3 is 2.31 bits per heavy atom. The highest BCUT2D eigenvalue weighted by Gasteiger charge is 2.23. The summed E-state index contributed by atoms with van der Waals surface area (Å²) < 4.78 is 5.10. The quantitative estimate of drug-likeness (QED) is 0.619. The molecule has 70 valence electrons. The van der Waals surface area contributed by atoms with Crippen LogP contribution in [0.25, 0.3) is 0 Å². The van der Waals surface area contributed by atoms with Crippen LogP contribution in [-0.2, 0) is 4.79 Å². The highest BCUT2D eigenvalue weighted by Crippen LogP contribution is 2.18. The first-order valence-electron chi connectivity index (χ1n) is 4.12. The Hall–Kier alpha value is -1.38. The van der Waals surface area contributed by atoms with Crippen LogP contribution in [-0.4, -0.2) is 11.0 Å². The number of aromatic nitrogens is 1. The van der Waals surface area contributed by atoms with Crippen LogP contribution in [0.15, 0.2) is 24.5 Å². The molecule has 0 saturated heterocycles. The number of carbonyl (C=O) groups is 1. The van der Waals surface area contributed by atoms with Gasteiger partial charge in [0.05, 0.1) is 5.41 Å². The Bertz CT molecular complexity index is 288. The Kier molecular flexibility index (Phi) is 2.66. The first kappa shape index (κ1) is 9.71. The van der Waals surface area contributed by atoms with E-state index in [1.165, 1.54) is 0 Å². The lowest BCUT2D eigenvalue weighted by molar-refractivity contribution is -0.142. The molecule has 0 amide bonds. The largest absolute Gasteiger partial charge is 0.426 e. The number of hydrogen-bond acceptors (Lipinski definition) is 3. The van der Waals surface area contributed by atoms with Crippen LogP contribution in [0, 0.1) is 5.41 Å². The first-order chi connectivity index (χ1) is 6.00. The molecule has 3 heteroatoms. The van der Waals surface area contributed by atoms with E-state index in [4.69, 9.17) is 4.74 Å². The maximum absolute atomic E-state index is 11.4. The van der Waals surface area contributed by atoms with Gasteiger partial charge in [-0.25, -0.2) is 0 Å². The molecule has 0 saturated carbocycles. The monoisotopic (exact) mass is 179 g/mol. The zero-order valence-electron chi connectivity index (χ0n) is 8.07. The molecular weight excluding hydrogens is 166 g/mol. The molecule has 0 bridgehead atoms. The number of rotatable bonds is 1. The summed E-state index contributed by atoms with van der Waals surface area (Å²) in [5.74, 6) is 0.300. The standard InChI is InChI=1S/C10H13NO2/c1-10(2,3)9(12)13-8-4-6-11-7-5-8/h4-7H,1-3H3. The third kappa shape index (κ3) is 2.86. The van der Waals surface area contributed by atoms with E-state index in [-0.39, 0.29) is 5.97 Å². The molecule has 0 aromatic carbocycles. The van der Waals surface area contributed by atoms with Crippen LogP contribution in [0.3, 0.4) is 0 Å². The lowest BCUT2D eigenvalue weighted by Gasteiger charge is -2.15. The average Bonchev–Trinajstić information content (AvgIpc) is 2.04. The fourth-order valence-electron chi connectivity index (χ4n) is 0.666. The summed E-state index contributed by atoms with van der Waals surface area (Å²) in [5.41, 5.74) is -0.469. The molecule has 0 aliphatic rings. The second-order valence-electron chi connectivity index (χ2n) is 3.82. The lowest BCUT2D eigenvalue weighted by Crippen LogP contribution is -2.25. The van der Waals surface area contributed by atoms with Crippen molar-refractivity contribution >= 4 is 5.97 Å². The molecule has 0 N–H and O–H groups in total. The Labute approximate surface area is 77.8 Å². The van der Waals surface area contributed by atoms with Gasteiger partial charge in [0.2, 0.25) is 0 Å². The van der Waals surface area contributed by atoms with Gasteiger partial charge in [-0.05, 0) is 32.9 Å². The van der Waals surface area contributed by atoms with Crippen molar-refractivity contribution in [2.75, 3.05) is 0 Å². The molecule has 0 unspecified atom stereocenters. The number of nitrogens with zero attached hydrogens (tertiary/aromatic N) is 1. The van der Waals surface area contributed by atoms with Crippen molar-refractivity contribution in [1.82, 2.24) is 4.98 Å². The summed E-state index contributed by atoms with van der Waals surface area (Å²) in [6.45, 7) is 5.45. The highest BCUT2D eigenvalue weighted by molar-refractivity contribution is 5.77. The molecule has 1 aromatic rings. The van der Waals surface area contributed by atoms with Gasteiger partial charge in [0.25, 0.3) is 0 Å². The Balaban J connectivity index is 2.66. The number of esters is 1. The van der Waals surface area contributed by atoms with E-state index in [0.717, 1.165) is 0 Å². The van der Waals surface area contributed by atoms with E-state index < -0.39 is 5.41 Å². The highest BCUT2D eigenvalue weighted by atomic mass is 16.5. The van der Waals surface area contributed by atoms with Crippen LogP contribution in [0.1, 0.15) is 20.8 Å². The summed E-state index contributed by atoms with van der Waals surface area (Å²) >= 11 is 0. The predicted molar refractivity (Wildman–Crippen MR) is 49.3 cm³/mol. The third-order valence-electron chi connectivity index (χ3n) is 1.47. The summed E-state index contributed by atoms with van der Waals surface area (Å²) in [6.07, 6.45) is 3.18. The number of carbonyl (C=O) groups excluding carboxylic acids is 1. The summed E-state index contributed by atoms with van der Waals surface area (Å²) in [5, 5.41) is 0. The van der Waals surface area contributed by atoms with Gasteiger partial charge in [-0.2, -0.15) is 0 Å². The van der Waals surface area contributed by atoms with Crippen molar-refractivity contribution < 1.29 is 9.53 Å². The summed E-state index contributed by atoms with van der Waals surface area (Å²) in [6, 6.07) is 3.31. The average molecular weight is 179 g/mol. The van der Waals surface area contributed by atoms with Gasteiger partial charge < -0.3 is 4.74 Å². The fourth-order valence-corrected chi connectivity index (χ4v) is 0.666. The molecule has 0 aliphatic carbocycles. The van der Waals surface area contributed by atoms with E-state index >= 15 is 0 Å². The van der Waals surface area contributed by atoms with Gasteiger partial charge in [-0.1, -0.05) is 0 Å². The third-order valence-corrected chi connectivity index (χ3v) is 1.47. The van der Waals surface area contributed by atoms with Crippen LogP contribution in [0.5, 0.6) is 5.75 Å². The molecule has 0 fully saturated rings.